The Morgan fingerprint density at radius 3 is 2.74 bits per heavy atom. The highest BCUT2D eigenvalue weighted by Crippen LogP contribution is 2.35. The van der Waals surface area contributed by atoms with Crippen molar-refractivity contribution < 1.29 is 19.1 Å². The van der Waals surface area contributed by atoms with Gasteiger partial charge in [0.15, 0.2) is 5.78 Å². The van der Waals surface area contributed by atoms with E-state index in [2.05, 4.69) is 23.5 Å². The van der Waals surface area contributed by atoms with Gasteiger partial charge >= 0.3 is 5.97 Å². The second kappa shape index (κ2) is 7.49. The third kappa shape index (κ3) is 4.24. The van der Waals surface area contributed by atoms with Gasteiger partial charge in [0.1, 0.15) is 11.9 Å². The molecular formula is C18H25NO4. The van der Waals surface area contributed by atoms with Gasteiger partial charge in [0, 0.05) is 25.5 Å². The van der Waals surface area contributed by atoms with E-state index in [0.717, 1.165) is 18.0 Å². The SMILES string of the molecule is COC(=O)CCCC(=O)c1ccc2c(c1)N(C)CC(C(C)C)O2. The molecule has 1 aromatic rings. The number of hydrogen-bond donors (Lipinski definition) is 0. The van der Waals surface area contributed by atoms with E-state index in [1.165, 1.54) is 7.11 Å². The predicted octanol–water partition coefficient (Wildman–Crippen LogP) is 3.07. The van der Waals surface area contributed by atoms with Crippen LogP contribution in [0.25, 0.3) is 0 Å². The summed E-state index contributed by atoms with van der Waals surface area (Å²) in [6.45, 7) is 5.09. The number of benzene rings is 1. The van der Waals surface area contributed by atoms with Crippen molar-refractivity contribution in [1.82, 2.24) is 0 Å². The Labute approximate surface area is 137 Å². The number of likely N-dealkylation sites (N-methyl/N-ethyl adjacent to an activating group) is 1. The minimum Gasteiger partial charge on any atom is -0.486 e. The summed E-state index contributed by atoms with van der Waals surface area (Å²) >= 11 is 0. The van der Waals surface area contributed by atoms with Crippen LogP contribution >= 0.6 is 0 Å². The fraction of sp³-hybridized carbons (Fsp3) is 0.556. The molecule has 1 atom stereocenters. The number of Topliss-reactive ketones (excluding diaryl/α,β-unsaturated/α-hetero) is 1. The molecule has 1 aliphatic heterocycles. The first-order valence-electron chi connectivity index (χ1n) is 8.04. The lowest BCUT2D eigenvalue weighted by molar-refractivity contribution is -0.140. The minimum atomic E-state index is -0.281. The molecule has 1 aliphatic rings. The van der Waals surface area contributed by atoms with E-state index in [1.54, 1.807) is 6.07 Å². The Balaban J connectivity index is 2.05. The first kappa shape index (κ1) is 17.3. The number of carbonyl (C=O) groups is 2. The van der Waals surface area contributed by atoms with Gasteiger partial charge in [-0.15, -0.1) is 0 Å². The van der Waals surface area contributed by atoms with Crippen molar-refractivity contribution in [1.29, 1.82) is 0 Å². The molecular weight excluding hydrogens is 294 g/mol. The van der Waals surface area contributed by atoms with Crippen molar-refractivity contribution in [3.8, 4) is 5.75 Å². The van der Waals surface area contributed by atoms with Gasteiger partial charge in [0.25, 0.3) is 0 Å². The van der Waals surface area contributed by atoms with Crippen LogP contribution in [0.2, 0.25) is 0 Å². The fourth-order valence-electron chi connectivity index (χ4n) is 2.64. The van der Waals surface area contributed by atoms with Crippen LogP contribution in [0.15, 0.2) is 18.2 Å². The highest BCUT2D eigenvalue weighted by Gasteiger charge is 2.26. The largest absolute Gasteiger partial charge is 0.486 e. The van der Waals surface area contributed by atoms with Crippen molar-refractivity contribution in [2.75, 3.05) is 25.6 Å². The quantitative estimate of drug-likeness (QED) is 0.596. The van der Waals surface area contributed by atoms with E-state index >= 15 is 0 Å². The minimum absolute atomic E-state index is 0.0380. The number of methoxy groups -OCH3 is 1. The molecule has 1 unspecified atom stereocenters. The van der Waals surface area contributed by atoms with E-state index in [0.29, 0.717) is 24.3 Å². The van der Waals surface area contributed by atoms with Gasteiger partial charge in [0.2, 0.25) is 0 Å². The molecule has 0 aromatic heterocycles. The molecule has 0 radical (unpaired) electrons. The van der Waals surface area contributed by atoms with Gasteiger partial charge in [-0.3, -0.25) is 9.59 Å². The molecule has 5 nitrogen and oxygen atoms in total. The number of fused-ring (bicyclic) bond motifs is 1. The average molecular weight is 319 g/mol. The Morgan fingerprint density at radius 1 is 1.35 bits per heavy atom. The molecule has 1 heterocycles. The standard InChI is InChI=1S/C18H25NO4/c1-12(2)17-11-19(3)14-10-13(8-9-16(14)23-17)15(20)6-5-7-18(21)22-4/h8-10,12,17H,5-7,11H2,1-4H3. The average Bonchev–Trinajstić information content (AvgIpc) is 2.53. The van der Waals surface area contributed by atoms with Gasteiger partial charge in [-0.1, -0.05) is 13.8 Å². The van der Waals surface area contributed by atoms with Crippen molar-refractivity contribution in [2.45, 2.75) is 39.2 Å². The molecule has 0 N–H and O–H groups in total. The highest BCUT2D eigenvalue weighted by molar-refractivity contribution is 5.97. The Morgan fingerprint density at radius 2 is 2.09 bits per heavy atom. The maximum Gasteiger partial charge on any atom is 0.305 e. The highest BCUT2D eigenvalue weighted by atomic mass is 16.5. The van der Waals surface area contributed by atoms with Crippen LogP contribution in [-0.2, 0) is 9.53 Å². The van der Waals surface area contributed by atoms with Crippen molar-refractivity contribution in [3.63, 3.8) is 0 Å². The summed E-state index contributed by atoms with van der Waals surface area (Å²) in [4.78, 5) is 25.5. The number of hydrogen-bond acceptors (Lipinski definition) is 5. The van der Waals surface area contributed by atoms with Gasteiger partial charge in [-0.2, -0.15) is 0 Å². The molecule has 1 aromatic carbocycles. The van der Waals surface area contributed by atoms with E-state index in [1.807, 2.05) is 19.2 Å². The van der Waals surface area contributed by atoms with Crippen molar-refractivity contribution >= 4 is 17.4 Å². The zero-order valence-corrected chi connectivity index (χ0v) is 14.3. The summed E-state index contributed by atoms with van der Waals surface area (Å²) in [5.74, 6) is 1.01. The third-order valence-corrected chi connectivity index (χ3v) is 4.18. The van der Waals surface area contributed by atoms with Crippen LogP contribution in [0, 0.1) is 5.92 Å². The summed E-state index contributed by atoms with van der Waals surface area (Å²) in [7, 11) is 3.37. The molecule has 23 heavy (non-hydrogen) atoms. The zero-order valence-electron chi connectivity index (χ0n) is 14.3. The molecule has 0 saturated carbocycles. The fourth-order valence-corrected chi connectivity index (χ4v) is 2.64. The molecule has 0 aliphatic carbocycles. The lowest BCUT2D eigenvalue weighted by Crippen LogP contribution is -2.40. The number of ether oxygens (including phenoxy) is 2. The topological polar surface area (TPSA) is 55.8 Å². The van der Waals surface area contributed by atoms with Gasteiger partial charge in [0.05, 0.1) is 19.3 Å². The van der Waals surface area contributed by atoms with Crippen LogP contribution in [0.4, 0.5) is 5.69 Å². The van der Waals surface area contributed by atoms with Crippen molar-refractivity contribution in [2.24, 2.45) is 5.92 Å². The predicted molar refractivity (Wildman–Crippen MR) is 89.2 cm³/mol. The Bertz CT molecular complexity index is 582. The van der Waals surface area contributed by atoms with Gasteiger partial charge in [-0.25, -0.2) is 0 Å². The molecule has 5 heteroatoms. The number of nitrogens with zero attached hydrogens (tertiary/aromatic N) is 1. The monoisotopic (exact) mass is 319 g/mol. The molecule has 0 saturated heterocycles. The number of esters is 1. The zero-order chi connectivity index (χ0) is 17.0. The van der Waals surface area contributed by atoms with Crippen molar-refractivity contribution in [3.05, 3.63) is 23.8 Å². The maximum absolute atomic E-state index is 12.3. The summed E-state index contributed by atoms with van der Waals surface area (Å²) in [5, 5.41) is 0. The van der Waals surface area contributed by atoms with E-state index in [9.17, 15) is 9.59 Å². The summed E-state index contributed by atoms with van der Waals surface area (Å²) in [6.07, 6.45) is 1.28. The molecule has 0 bridgehead atoms. The number of rotatable bonds is 6. The number of anilines is 1. The van der Waals surface area contributed by atoms with Crippen LogP contribution in [-0.4, -0.2) is 38.6 Å². The molecule has 2 rings (SSSR count). The lowest BCUT2D eigenvalue weighted by Gasteiger charge is -2.36. The maximum atomic E-state index is 12.3. The number of carbonyl (C=O) groups excluding carboxylic acids is 2. The molecule has 0 spiro atoms. The third-order valence-electron chi connectivity index (χ3n) is 4.18. The van der Waals surface area contributed by atoms with Crippen LogP contribution in [0.5, 0.6) is 5.75 Å². The molecule has 0 fully saturated rings. The molecule has 0 amide bonds. The van der Waals surface area contributed by atoms with Crippen LogP contribution in [0.3, 0.4) is 0 Å². The van der Waals surface area contributed by atoms with Gasteiger partial charge < -0.3 is 14.4 Å². The van der Waals surface area contributed by atoms with Crippen LogP contribution < -0.4 is 9.64 Å². The molecule has 126 valence electrons. The number of ketones is 1. The van der Waals surface area contributed by atoms with E-state index < -0.39 is 0 Å². The summed E-state index contributed by atoms with van der Waals surface area (Å²) in [5.41, 5.74) is 1.60. The first-order chi connectivity index (χ1) is 10.9. The summed E-state index contributed by atoms with van der Waals surface area (Å²) in [6, 6.07) is 5.55. The second-order valence-electron chi connectivity index (χ2n) is 6.32. The lowest BCUT2D eigenvalue weighted by atomic mass is 10.0. The first-order valence-corrected chi connectivity index (χ1v) is 8.04. The van der Waals surface area contributed by atoms with E-state index in [4.69, 9.17) is 4.74 Å². The Kier molecular flexibility index (Phi) is 5.64. The van der Waals surface area contributed by atoms with E-state index in [-0.39, 0.29) is 24.3 Å². The smallest absolute Gasteiger partial charge is 0.305 e. The van der Waals surface area contributed by atoms with Crippen LogP contribution in [0.1, 0.15) is 43.5 Å². The summed E-state index contributed by atoms with van der Waals surface area (Å²) < 4.78 is 10.6. The normalized spacial score (nSPS) is 16.7. The second-order valence-corrected chi connectivity index (χ2v) is 6.32. The Hall–Kier alpha value is -2.04. The van der Waals surface area contributed by atoms with Gasteiger partial charge in [-0.05, 0) is 30.5 Å².